The first-order valence-corrected chi connectivity index (χ1v) is 4.36. The monoisotopic (exact) mass is 195 g/mol. The lowest BCUT2D eigenvalue weighted by atomic mass is 10.1. The van der Waals surface area contributed by atoms with E-state index in [1.807, 2.05) is 32.1 Å². The van der Waals surface area contributed by atoms with Gasteiger partial charge in [-0.25, -0.2) is 0 Å². The van der Waals surface area contributed by atoms with E-state index < -0.39 is 0 Å². The van der Waals surface area contributed by atoms with Crippen LogP contribution in [0.25, 0.3) is 0 Å². The molecule has 14 heavy (non-hydrogen) atoms. The molecule has 0 saturated carbocycles. The maximum atomic E-state index is 11.1. The Morgan fingerprint density at radius 1 is 1.57 bits per heavy atom. The van der Waals surface area contributed by atoms with Crippen LogP contribution in [0.3, 0.4) is 0 Å². The summed E-state index contributed by atoms with van der Waals surface area (Å²) in [6, 6.07) is 0. The summed E-state index contributed by atoms with van der Waals surface area (Å²) in [6.45, 7) is 3.77. The zero-order valence-electron chi connectivity index (χ0n) is 8.20. The van der Waals surface area contributed by atoms with Gasteiger partial charge in [0.2, 0.25) is 0 Å². The molecule has 0 bridgehead atoms. The Morgan fingerprint density at radius 2 is 2.29 bits per heavy atom. The number of nitrogens with one attached hydrogen (secondary N) is 1. The molecule has 0 spiro atoms. The number of aromatic nitrogens is 1. The molecule has 1 aromatic rings. The predicted octanol–water partition coefficient (Wildman–Crippen LogP) is 1.74. The van der Waals surface area contributed by atoms with E-state index in [1.165, 1.54) is 0 Å². The van der Waals surface area contributed by atoms with Crippen molar-refractivity contribution in [1.82, 2.24) is 5.16 Å². The highest BCUT2D eigenvalue weighted by Crippen LogP contribution is 2.15. The minimum atomic E-state index is -0.383. The van der Waals surface area contributed by atoms with Crippen molar-refractivity contribution in [1.29, 1.82) is 0 Å². The molecule has 0 atom stereocenters. The van der Waals surface area contributed by atoms with Crippen LogP contribution in [0.1, 0.15) is 19.4 Å². The fourth-order valence-electron chi connectivity index (χ4n) is 1.15. The molecule has 1 aromatic heterocycles. The van der Waals surface area contributed by atoms with Gasteiger partial charge in [-0.3, -0.25) is 4.79 Å². The van der Waals surface area contributed by atoms with Crippen LogP contribution >= 0.6 is 0 Å². The summed E-state index contributed by atoms with van der Waals surface area (Å²) in [6.07, 6.45) is 6.01. The van der Waals surface area contributed by atoms with Gasteiger partial charge in [-0.15, -0.1) is 0 Å². The molecule has 0 saturated heterocycles. The van der Waals surface area contributed by atoms with Gasteiger partial charge in [0.1, 0.15) is 5.56 Å². The third-order valence-corrected chi connectivity index (χ3v) is 1.91. The largest absolute Gasteiger partial charge is 0.479 e. The summed E-state index contributed by atoms with van der Waals surface area (Å²) in [5.41, 5.74) is 0.831. The third-order valence-electron chi connectivity index (χ3n) is 1.91. The highest BCUT2D eigenvalue weighted by atomic mass is 16.6. The van der Waals surface area contributed by atoms with Crippen molar-refractivity contribution >= 4 is 0 Å². The molecule has 0 aromatic carbocycles. The van der Waals surface area contributed by atoms with E-state index in [2.05, 4.69) is 9.68 Å². The Labute approximate surface area is 81.5 Å². The molecule has 4 nitrogen and oxygen atoms in total. The van der Waals surface area contributed by atoms with Crippen LogP contribution in [-0.2, 0) is 6.42 Å². The van der Waals surface area contributed by atoms with E-state index in [0.717, 1.165) is 5.57 Å². The molecule has 1 rings (SSSR count). The molecule has 4 heteroatoms. The lowest BCUT2D eigenvalue weighted by Crippen LogP contribution is -2.05. The van der Waals surface area contributed by atoms with Crippen LogP contribution in [-0.4, -0.2) is 10.3 Å². The highest BCUT2D eigenvalue weighted by molar-refractivity contribution is 5.29. The van der Waals surface area contributed by atoms with E-state index >= 15 is 0 Å². The second-order valence-electron chi connectivity index (χ2n) is 2.86. The number of hydrogen-bond donors (Lipinski definition) is 2. The predicted molar refractivity (Wildman–Crippen MR) is 53.3 cm³/mol. The Kier molecular flexibility index (Phi) is 3.34. The maximum Gasteiger partial charge on any atom is 0.313 e. The Hall–Kier alpha value is -1.71. The van der Waals surface area contributed by atoms with E-state index in [9.17, 15) is 9.90 Å². The molecule has 0 fully saturated rings. The van der Waals surface area contributed by atoms with Gasteiger partial charge in [-0.1, -0.05) is 18.2 Å². The average Bonchev–Trinajstić information content (AvgIpc) is 2.48. The molecule has 0 aliphatic carbocycles. The Morgan fingerprint density at radius 3 is 2.71 bits per heavy atom. The summed E-state index contributed by atoms with van der Waals surface area (Å²) < 4.78 is 4.49. The third kappa shape index (κ3) is 2.16. The molecular formula is C10H13NO3. The summed E-state index contributed by atoms with van der Waals surface area (Å²) in [5, 5.41) is 11.3. The van der Waals surface area contributed by atoms with Crippen LogP contribution < -0.4 is 5.56 Å². The standard InChI is InChI=1S/C10H13NO3/c1-3-5-7(4-2)6-8-9(12)11-14-10(8)13/h3-5,13H,6H2,1-2H3,(H,11,12). The summed E-state index contributed by atoms with van der Waals surface area (Å²) in [4.78, 5) is 11.1. The molecular weight excluding hydrogens is 182 g/mol. The number of rotatable bonds is 3. The van der Waals surface area contributed by atoms with Gasteiger partial charge in [-0.05, 0) is 19.4 Å². The zero-order chi connectivity index (χ0) is 10.6. The van der Waals surface area contributed by atoms with E-state index in [1.54, 1.807) is 0 Å². The molecule has 0 aliphatic rings. The van der Waals surface area contributed by atoms with E-state index in [0.29, 0.717) is 6.42 Å². The first-order valence-electron chi connectivity index (χ1n) is 4.36. The van der Waals surface area contributed by atoms with Crippen LogP contribution in [0.2, 0.25) is 0 Å². The molecule has 0 amide bonds. The van der Waals surface area contributed by atoms with Gasteiger partial charge < -0.3 is 9.63 Å². The van der Waals surface area contributed by atoms with Gasteiger partial charge >= 0.3 is 5.95 Å². The normalized spacial score (nSPS) is 12.6. The van der Waals surface area contributed by atoms with Crippen molar-refractivity contribution in [3.05, 3.63) is 39.7 Å². The SMILES string of the molecule is CC=CC(=CC)Cc1c(O)o[nH]c1=O. The number of allylic oxidation sites excluding steroid dienone is 4. The fraction of sp³-hybridized carbons (Fsp3) is 0.300. The minimum Gasteiger partial charge on any atom is -0.479 e. The topological polar surface area (TPSA) is 66.2 Å². The first-order chi connectivity index (χ1) is 6.69. The van der Waals surface area contributed by atoms with Gasteiger partial charge in [0.15, 0.2) is 0 Å². The average molecular weight is 195 g/mol. The fourth-order valence-corrected chi connectivity index (χ4v) is 1.15. The van der Waals surface area contributed by atoms with Crippen molar-refractivity contribution < 1.29 is 9.63 Å². The van der Waals surface area contributed by atoms with Gasteiger partial charge in [0.25, 0.3) is 5.56 Å². The maximum absolute atomic E-state index is 11.1. The lowest BCUT2D eigenvalue weighted by molar-refractivity contribution is 0.274. The van der Waals surface area contributed by atoms with Gasteiger partial charge in [0.05, 0.1) is 0 Å². The van der Waals surface area contributed by atoms with Crippen molar-refractivity contribution in [3.63, 3.8) is 0 Å². The smallest absolute Gasteiger partial charge is 0.313 e. The number of H-pyrrole nitrogens is 1. The molecule has 2 N–H and O–H groups in total. The van der Waals surface area contributed by atoms with Gasteiger partial charge in [-0.2, -0.15) is 5.16 Å². The molecule has 0 aliphatic heterocycles. The number of hydrogen-bond acceptors (Lipinski definition) is 3. The second kappa shape index (κ2) is 4.50. The number of aromatic hydroxyl groups is 1. The van der Waals surface area contributed by atoms with Crippen molar-refractivity contribution in [3.8, 4) is 5.95 Å². The lowest BCUT2D eigenvalue weighted by Gasteiger charge is -1.96. The molecule has 76 valence electrons. The second-order valence-corrected chi connectivity index (χ2v) is 2.86. The number of aromatic amines is 1. The Bertz CT molecular complexity index is 409. The summed E-state index contributed by atoms with van der Waals surface area (Å²) in [7, 11) is 0. The summed E-state index contributed by atoms with van der Waals surface area (Å²) >= 11 is 0. The van der Waals surface area contributed by atoms with Crippen molar-refractivity contribution in [2.24, 2.45) is 0 Å². The van der Waals surface area contributed by atoms with Gasteiger partial charge in [0, 0.05) is 6.42 Å². The van der Waals surface area contributed by atoms with E-state index in [-0.39, 0.29) is 17.1 Å². The molecule has 1 heterocycles. The van der Waals surface area contributed by atoms with Crippen LogP contribution in [0.15, 0.2) is 33.1 Å². The van der Waals surface area contributed by atoms with Crippen LogP contribution in [0.4, 0.5) is 0 Å². The molecule has 0 radical (unpaired) electrons. The minimum absolute atomic E-state index is 0.260. The van der Waals surface area contributed by atoms with Crippen molar-refractivity contribution in [2.45, 2.75) is 20.3 Å². The molecule has 0 unspecified atom stereocenters. The van der Waals surface area contributed by atoms with Crippen molar-refractivity contribution in [2.75, 3.05) is 0 Å². The Balaban J connectivity index is 2.93. The quantitative estimate of drug-likeness (QED) is 0.722. The van der Waals surface area contributed by atoms with E-state index in [4.69, 9.17) is 0 Å². The van der Waals surface area contributed by atoms with Crippen LogP contribution in [0, 0.1) is 0 Å². The summed E-state index contributed by atoms with van der Waals surface area (Å²) in [5.74, 6) is -0.334. The highest BCUT2D eigenvalue weighted by Gasteiger charge is 2.11. The van der Waals surface area contributed by atoms with Crippen LogP contribution in [0.5, 0.6) is 5.95 Å². The first kappa shape index (κ1) is 10.4. The zero-order valence-corrected chi connectivity index (χ0v) is 8.20.